The van der Waals surface area contributed by atoms with Crippen LogP contribution in [0.5, 0.6) is 11.5 Å². The molecule has 0 atom stereocenters. The normalized spacial score (nSPS) is 11.1. The molecule has 0 fully saturated rings. The number of phenols is 1. The molecule has 0 spiro atoms. The second kappa shape index (κ2) is 7.68. The summed E-state index contributed by atoms with van der Waals surface area (Å²) in [7, 11) is 0. The average Bonchev–Trinajstić information content (AvgIpc) is 2.48. The summed E-state index contributed by atoms with van der Waals surface area (Å²) < 4.78 is 6.80. The number of hydrogen-bond acceptors (Lipinski definition) is 3. The number of aromatic hydroxyl groups is 1. The molecule has 2 rings (SSSR count). The van der Waals surface area contributed by atoms with E-state index in [1.54, 1.807) is 24.3 Å². The van der Waals surface area contributed by atoms with E-state index in [1.807, 2.05) is 6.92 Å². The van der Waals surface area contributed by atoms with Crippen molar-refractivity contribution in [1.82, 2.24) is 0 Å². The summed E-state index contributed by atoms with van der Waals surface area (Å²) in [6, 6.07) is 6.68. The standard InChI is InChI=1S/C15H11Br2Cl2NO2/c1-2-22-13-6-10(16)14(17)9(15(13)21)7-20-12-5-8(18)3-4-11(12)19/h3-7,21H,2H2,1H3. The zero-order valence-corrected chi connectivity index (χ0v) is 16.1. The molecule has 0 heterocycles. The first-order chi connectivity index (χ1) is 10.4. The first-order valence-corrected chi connectivity index (χ1v) is 8.61. The van der Waals surface area contributed by atoms with E-state index in [2.05, 4.69) is 36.9 Å². The zero-order valence-electron chi connectivity index (χ0n) is 11.4. The van der Waals surface area contributed by atoms with Crippen molar-refractivity contribution in [3.8, 4) is 11.5 Å². The first-order valence-electron chi connectivity index (χ1n) is 6.27. The molecule has 0 saturated heterocycles. The predicted octanol–water partition coefficient (Wildman–Crippen LogP) is 6.37. The molecule has 0 radical (unpaired) electrons. The molecule has 2 aromatic rings. The monoisotopic (exact) mass is 465 g/mol. The maximum absolute atomic E-state index is 10.3. The SMILES string of the molecule is CCOc1cc(Br)c(Br)c(C=Nc2cc(Cl)ccc2Cl)c1O. The van der Waals surface area contributed by atoms with Crippen LogP contribution in [-0.2, 0) is 0 Å². The van der Waals surface area contributed by atoms with E-state index in [-0.39, 0.29) is 5.75 Å². The van der Waals surface area contributed by atoms with Crippen molar-refractivity contribution in [3.05, 3.63) is 48.8 Å². The van der Waals surface area contributed by atoms with Crippen LogP contribution in [0, 0.1) is 0 Å². The van der Waals surface area contributed by atoms with Crippen molar-refractivity contribution in [2.45, 2.75) is 6.92 Å². The maximum atomic E-state index is 10.3. The third kappa shape index (κ3) is 3.96. The van der Waals surface area contributed by atoms with Gasteiger partial charge in [0, 0.05) is 20.2 Å². The Bertz CT molecular complexity index is 736. The molecule has 7 heteroatoms. The molecular weight excluding hydrogens is 457 g/mol. The van der Waals surface area contributed by atoms with Gasteiger partial charge in [-0.25, -0.2) is 0 Å². The Morgan fingerprint density at radius 1 is 1.27 bits per heavy atom. The van der Waals surface area contributed by atoms with Gasteiger partial charge in [-0.05, 0) is 63.0 Å². The highest BCUT2D eigenvalue weighted by Gasteiger charge is 2.14. The van der Waals surface area contributed by atoms with Crippen LogP contribution in [0.2, 0.25) is 10.0 Å². The first kappa shape index (κ1) is 17.6. The van der Waals surface area contributed by atoms with E-state index in [0.717, 1.165) is 4.47 Å². The molecule has 0 unspecified atom stereocenters. The third-order valence-electron chi connectivity index (χ3n) is 2.73. The molecule has 116 valence electrons. The van der Waals surface area contributed by atoms with E-state index < -0.39 is 0 Å². The van der Waals surface area contributed by atoms with E-state index in [1.165, 1.54) is 6.21 Å². The van der Waals surface area contributed by atoms with E-state index in [9.17, 15) is 5.11 Å². The smallest absolute Gasteiger partial charge is 0.167 e. The van der Waals surface area contributed by atoms with Crippen molar-refractivity contribution in [3.63, 3.8) is 0 Å². The average molecular weight is 468 g/mol. The van der Waals surface area contributed by atoms with Crippen LogP contribution in [0.1, 0.15) is 12.5 Å². The Kier molecular flexibility index (Phi) is 6.15. The fraction of sp³-hybridized carbons (Fsp3) is 0.133. The quantitative estimate of drug-likeness (QED) is 0.530. The molecule has 0 saturated carbocycles. The number of halogens is 4. The largest absolute Gasteiger partial charge is 0.504 e. The molecule has 3 nitrogen and oxygen atoms in total. The Balaban J connectivity index is 2.48. The Hall–Kier alpha value is -0.750. The maximum Gasteiger partial charge on any atom is 0.167 e. The summed E-state index contributed by atoms with van der Waals surface area (Å²) in [5, 5.41) is 11.3. The van der Waals surface area contributed by atoms with Gasteiger partial charge in [0.2, 0.25) is 0 Å². The Morgan fingerprint density at radius 2 is 2.00 bits per heavy atom. The molecule has 1 N–H and O–H groups in total. The second-order valence-electron chi connectivity index (χ2n) is 4.22. The molecular formula is C15H11Br2Cl2NO2. The summed E-state index contributed by atoms with van der Waals surface area (Å²) in [5.41, 5.74) is 0.993. The van der Waals surface area contributed by atoms with Gasteiger partial charge in [-0.2, -0.15) is 0 Å². The fourth-order valence-corrected chi connectivity index (χ4v) is 2.87. The van der Waals surface area contributed by atoms with Crippen LogP contribution in [0.3, 0.4) is 0 Å². The highest BCUT2D eigenvalue weighted by atomic mass is 79.9. The Labute approximate surface area is 155 Å². The minimum atomic E-state index is -0.00109. The lowest BCUT2D eigenvalue weighted by Gasteiger charge is -2.11. The van der Waals surface area contributed by atoms with E-state index in [0.29, 0.717) is 38.1 Å². The summed E-state index contributed by atoms with van der Waals surface area (Å²) in [4.78, 5) is 4.29. The summed E-state index contributed by atoms with van der Waals surface area (Å²) in [6.45, 7) is 2.28. The second-order valence-corrected chi connectivity index (χ2v) is 6.71. The Morgan fingerprint density at radius 3 is 2.68 bits per heavy atom. The number of ether oxygens (including phenoxy) is 1. The molecule has 0 aliphatic heterocycles. The number of rotatable bonds is 4. The molecule has 0 aromatic heterocycles. The molecule has 0 aliphatic carbocycles. The highest BCUT2D eigenvalue weighted by molar-refractivity contribution is 9.13. The van der Waals surface area contributed by atoms with Gasteiger partial charge in [-0.3, -0.25) is 4.99 Å². The third-order valence-corrected chi connectivity index (χ3v) is 5.30. The van der Waals surface area contributed by atoms with Crippen molar-refractivity contribution >= 4 is 67.0 Å². The number of nitrogens with zero attached hydrogens (tertiary/aromatic N) is 1. The number of benzene rings is 2. The lowest BCUT2D eigenvalue weighted by Crippen LogP contribution is -1.95. The van der Waals surface area contributed by atoms with Crippen molar-refractivity contribution in [2.24, 2.45) is 4.99 Å². The van der Waals surface area contributed by atoms with Gasteiger partial charge in [-0.15, -0.1) is 0 Å². The lowest BCUT2D eigenvalue weighted by atomic mass is 10.2. The summed E-state index contributed by atoms with van der Waals surface area (Å²) >= 11 is 18.8. The van der Waals surface area contributed by atoms with E-state index in [4.69, 9.17) is 27.9 Å². The molecule has 2 aromatic carbocycles. The van der Waals surface area contributed by atoms with E-state index >= 15 is 0 Å². The van der Waals surface area contributed by atoms with Gasteiger partial charge < -0.3 is 9.84 Å². The van der Waals surface area contributed by atoms with Gasteiger partial charge in [-0.1, -0.05) is 23.2 Å². The van der Waals surface area contributed by atoms with Crippen LogP contribution in [0.15, 0.2) is 38.2 Å². The minimum absolute atomic E-state index is 0.00109. The fourth-order valence-electron chi connectivity index (χ4n) is 1.71. The van der Waals surface area contributed by atoms with Gasteiger partial charge in [0.05, 0.1) is 22.9 Å². The highest BCUT2D eigenvalue weighted by Crippen LogP contribution is 2.40. The van der Waals surface area contributed by atoms with Crippen molar-refractivity contribution in [1.29, 1.82) is 0 Å². The number of phenolic OH excluding ortho intramolecular Hbond substituents is 1. The molecule has 0 aliphatic rings. The van der Waals surface area contributed by atoms with Gasteiger partial charge in [0.1, 0.15) is 0 Å². The molecule has 0 bridgehead atoms. The van der Waals surface area contributed by atoms with Crippen LogP contribution in [0.4, 0.5) is 5.69 Å². The predicted molar refractivity (Wildman–Crippen MR) is 98.4 cm³/mol. The topological polar surface area (TPSA) is 41.8 Å². The van der Waals surface area contributed by atoms with Crippen LogP contribution >= 0.6 is 55.1 Å². The summed E-state index contributed by atoms with van der Waals surface area (Å²) in [5.74, 6) is 0.370. The van der Waals surface area contributed by atoms with Crippen molar-refractivity contribution in [2.75, 3.05) is 6.61 Å². The van der Waals surface area contributed by atoms with Gasteiger partial charge in [0.15, 0.2) is 11.5 Å². The van der Waals surface area contributed by atoms with Crippen LogP contribution in [-0.4, -0.2) is 17.9 Å². The lowest BCUT2D eigenvalue weighted by molar-refractivity contribution is 0.317. The van der Waals surface area contributed by atoms with Crippen molar-refractivity contribution < 1.29 is 9.84 Å². The number of aliphatic imine (C=N–C) groups is 1. The van der Waals surface area contributed by atoms with Crippen LogP contribution < -0.4 is 4.74 Å². The minimum Gasteiger partial charge on any atom is -0.504 e. The van der Waals surface area contributed by atoms with Crippen LogP contribution in [0.25, 0.3) is 0 Å². The molecule has 0 amide bonds. The number of hydrogen-bond donors (Lipinski definition) is 1. The van der Waals surface area contributed by atoms with Gasteiger partial charge >= 0.3 is 0 Å². The zero-order chi connectivity index (χ0) is 16.3. The summed E-state index contributed by atoms with van der Waals surface area (Å²) in [6.07, 6.45) is 1.50. The molecule has 22 heavy (non-hydrogen) atoms. The van der Waals surface area contributed by atoms with Gasteiger partial charge in [0.25, 0.3) is 0 Å².